The maximum absolute atomic E-state index is 12.6. The molecule has 0 fully saturated rings. The lowest BCUT2D eigenvalue weighted by atomic mass is 9.91. The van der Waals surface area contributed by atoms with Gasteiger partial charge in [-0.15, -0.1) is 0 Å². The van der Waals surface area contributed by atoms with E-state index < -0.39 is 0 Å². The van der Waals surface area contributed by atoms with Crippen molar-refractivity contribution in [2.24, 2.45) is 7.05 Å². The first-order chi connectivity index (χ1) is 12.1. The smallest absolute Gasteiger partial charge is 0.287 e. The monoisotopic (exact) mass is 339 g/mol. The Balaban J connectivity index is 1.49. The van der Waals surface area contributed by atoms with E-state index in [1.165, 1.54) is 5.69 Å². The number of hydrogen-bond donors (Lipinski definition) is 1. The van der Waals surface area contributed by atoms with E-state index in [1.807, 2.05) is 37.0 Å². The van der Waals surface area contributed by atoms with Crippen LogP contribution in [0.1, 0.15) is 52.1 Å². The summed E-state index contributed by atoms with van der Waals surface area (Å²) in [5.74, 6) is 0.847. The summed E-state index contributed by atoms with van der Waals surface area (Å²) < 4.78 is 9.38. The molecule has 0 saturated heterocycles. The number of nitrogens with zero attached hydrogens (tertiary/aromatic N) is 4. The zero-order valence-electron chi connectivity index (χ0n) is 14.4. The first-order valence-electron chi connectivity index (χ1n) is 8.51. The van der Waals surface area contributed by atoms with E-state index in [0.717, 1.165) is 30.5 Å². The van der Waals surface area contributed by atoms with Crippen LogP contribution in [-0.2, 0) is 20.0 Å². The highest BCUT2D eigenvalue weighted by Crippen LogP contribution is 2.32. The molecule has 3 heterocycles. The number of aromatic nitrogens is 4. The molecular formula is C18H21N5O2. The Morgan fingerprint density at radius 3 is 3.12 bits per heavy atom. The van der Waals surface area contributed by atoms with Gasteiger partial charge in [0.15, 0.2) is 5.76 Å². The molecule has 1 aliphatic rings. The Labute approximate surface area is 145 Å². The van der Waals surface area contributed by atoms with Crippen molar-refractivity contribution in [3.05, 3.63) is 59.1 Å². The van der Waals surface area contributed by atoms with Crippen LogP contribution < -0.4 is 5.32 Å². The van der Waals surface area contributed by atoms with E-state index >= 15 is 0 Å². The minimum atomic E-state index is -0.187. The third kappa shape index (κ3) is 2.97. The summed E-state index contributed by atoms with van der Waals surface area (Å²) in [6.45, 7) is 2.51. The number of aryl methyl sites for hydroxylation is 2. The van der Waals surface area contributed by atoms with Crippen molar-refractivity contribution in [3.8, 4) is 0 Å². The predicted molar refractivity (Wildman–Crippen MR) is 91.1 cm³/mol. The van der Waals surface area contributed by atoms with E-state index in [2.05, 4.69) is 15.5 Å². The van der Waals surface area contributed by atoms with E-state index in [0.29, 0.717) is 18.1 Å². The minimum Gasteiger partial charge on any atom is -0.454 e. The fraction of sp³-hybridized carbons (Fsp3) is 0.389. The van der Waals surface area contributed by atoms with Crippen molar-refractivity contribution in [1.82, 2.24) is 24.9 Å². The van der Waals surface area contributed by atoms with Gasteiger partial charge in [0, 0.05) is 30.7 Å². The van der Waals surface area contributed by atoms with Crippen LogP contribution in [-0.4, -0.2) is 25.5 Å². The van der Waals surface area contributed by atoms with Crippen LogP contribution >= 0.6 is 0 Å². The zero-order valence-corrected chi connectivity index (χ0v) is 14.4. The van der Waals surface area contributed by atoms with Gasteiger partial charge in [-0.25, -0.2) is 0 Å². The number of hydrogen-bond acceptors (Lipinski definition) is 4. The highest BCUT2D eigenvalue weighted by atomic mass is 16.4. The summed E-state index contributed by atoms with van der Waals surface area (Å²) in [7, 11) is 1.96. The van der Waals surface area contributed by atoms with Crippen LogP contribution in [0.5, 0.6) is 0 Å². The largest absolute Gasteiger partial charge is 0.454 e. The van der Waals surface area contributed by atoms with Gasteiger partial charge in [0.1, 0.15) is 5.76 Å². The predicted octanol–water partition coefficient (Wildman–Crippen LogP) is 2.37. The third-order valence-corrected chi connectivity index (χ3v) is 4.71. The average Bonchev–Trinajstić information content (AvgIpc) is 3.31. The molecule has 0 radical (unpaired) electrons. The molecule has 0 saturated carbocycles. The van der Waals surface area contributed by atoms with Gasteiger partial charge in [0.05, 0.1) is 18.3 Å². The number of furan rings is 1. The fourth-order valence-electron chi connectivity index (χ4n) is 3.60. The number of fused-ring (bicyclic) bond motifs is 1. The SMILES string of the molecule is Cc1nn(C)c2c1C(NC(=O)c1ccc(Cn3cccn3)o1)CCC2. The summed E-state index contributed by atoms with van der Waals surface area (Å²) in [4.78, 5) is 12.6. The lowest BCUT2D eigenvalue weighted by Gasteiger charge is -2.24. The van der Waals surface area contributed by atoms with Gasteiger partial charge in [0.2, 0.25) is 0 Å². The van der Waals surface area contributed by atoms with Crippen molar-refractivity contribution in [1.29, 1.82) is 0 Å². The number of nitrogens with one attached hydrogen (secondary N) is 1. The first kappa shape index (κ1) is 15.7. The van der Waals surface area contributed by atoms with Crippen molar-refractivity contribution in [2.45, 2.75) is 38.8 Å². The maximum atomic E-state index is 12.6. The standard InChI is InChI=1S/C18H21N5O2/c1-12-17-14(5-3-6-15(17)22(2)21-12)20-18(24)16-8-7-13(25-16)11-23-10-4-9-19-23/h4,7-10,14H,3,5-6,11H2,1-2H3,(H,20,24). The normalized spacial score (nSPS) is 16.6. The molecule has 1 amide bonds. The summed E-state index contributed by atoms with van der Waals surface area (Å²) in [6, 6.07) is 5.38. The molecule has 1 unspecified atom stereocenters. The molecule has 3 aromatic heterocycles. The summed E-state index contributed by atoms with van der Waals surface area (Å²) in [6.07, 6.45) is 6.55. The van der Waals surface area contributed by atoms with Crippen molar-refractivity contribution >= 4 is 5.91 Å². The van der Waals surface area contributed by atoms with Gasteiger partial charge in [-0.2, -0.15) is 10.2 Å². The van der Waals surface area contributed by atoms with Gasteiger partial charge < -0.3 is 9.73 Å². The van der Waals surface area contributed by atoms with E-state index in [-0.39, 0.29) is 11.9 Å². The zero-order chi connectivity index (χ0) is 17.4. The van der Waals surface area contributed by atoms with Gasteiger partial charge in [-0.3, -0.25) is 14.2 Å². The van der Waals surface area contributed by atoms with E-state index in [1.54, 1.807) is 16.9 Å². The second-order valence-electron chi connectivity index (χ2n) is 6.46. The third-order valence-electron chi connectivity index (χ3n) is 4.71. The summed E-state index contributed by atoms with van der Waals surface area (Å²) >= 11 is 0. The van der Waals surface area contributed by atoms with Crippen LogP contribution in [0.2, 0.25) is 0 Å². The molecule has 1 atom stereocenters. The maximum Gasteiger partial charge on any atom is 0.287 e. The molecule has 0 bridgehead atoms. The van der Waals surface area contributed by atoms with Gasteiger partial charge in [-0.1, -0.05) is 0 Å². The molecule has 0 aromatic carbocycles. The number of carbonyl (C=O) groups excluding carboxylic acids is 1. The van der Waals surface area contributed by atoms with Gasteiger partial charge >= 0.3 is 0 Å². The summed E-state index contributed by atoms with van der Waals surface area (Å²) in [5, 5.41) is 11.8. The Kier molecular flexibility index (Phi) is 3.91. The van der Waals surface area contributed by atoms with Crippen LogP contribution in [0.15, 0.2) is 35.0 Å². The highest BCUT2D eigenvalue weighted by molar-refractivity contribution is 5.91. The molecule has 130 valence electrons. The number of amides is 1. The second-order valence-corrected chi connectivity index (χ2v) is 6.46. The molecule has 7 heteroatoms. The van der Waals surface area contributed by atoms with Crippen LogP contribution in [0.3, 0.4) is 0 Å². The average molecular weight is 339 g/mol. The molecule has 1 N–H and O–H groups in total. The molecule has 25 heavy (non-hydrogen) atoms. The second kappa shape index (κ2) is 6.23. The molecule has 3 aromatic rings. The molecule has 1 aliphatic carbocycles. The molecular weight excluding hydrogens is 318 g/mol. The topological polar surface area (TPSA) is 77.9 Å². The van der Waals surface area contributed by atoms with Crippen LogP contribution in [0, 0.1) is 6.92 Å². The first-order valence-corrected chi connectivity index (χ1v) is 8.51. The lowest BCUT2D eigenvalue weighted by Crippen LogP contribution is -2.31. The fourth-order valence-corrected chi connectivity index (χ4v) is 3.60. The number of carbonyl (C=O) groups is 1. The Morgan fingerprint density at radius 2 is 2.32 bits per heavy atom. The van der Waals surface area contributed by atoms with Gasteiger partial charge in [0.25, 0.3) is 5.91 Å². The lowest BCUT2D eigenvalue weighted by molar-refractivity contribution is 0.0902. The Morgan fingerprint density at radius 1 is 1.44 bits per heavy atom. The molecule has 0 spiro atoms. The van der Waals surface area contributed by atoms with E-state index in [9.17, 15) is 4.79 Å². The van der Waals surface area contributed by atoms with Crippen LogP contribution in [0.4, 0.5) is 0 Å². The van der Waals surface area contributed by atoms with Gasteiger partial charge in [-0.05, 0) is 44.4 Å². The summed E-state index contributed by atoms with van der Waals surface area (Å²) in [5.41, 5.74) is 3.36. The Hall–Kier alpha value is -2.83. The van der Waals surface area contributed by atoms with Crippen molar-refractivity contribution in [3.63, 3.8) is 0 Å². The molecule has 7 nitrogen and oxygen atoms in total. The van der Waals surface area contributed by atoms with Crippen molar-refractivity contribution < 1.29 is 9.21 Å². The number of rotatable bonds is 4. The molecule has 4 rings (SSSR count). The quantitative estimate of drug-likeness (QED) is 0.791. The highest BCUT2D eigenvalue weighted by Gasteiger charge is 2.28. The van der Waals surface area contributed by atoms with E-state index in [4.69, 9.17) is 4.42 Å². The van der Waals surface area contributed by atoms with Crippen LogP contribution in [0.25, 0.3) is 0 Å². The van der Waals surface area contributed by atoms with Crippen molar-refractivity contribution in [2.75, 3.05) is 0 Å². The Bertz CT molecular complexity index is 891. The molecule has 0 aliphatic heterocycles. The minimum absolute atomic E-state index is 0.00962.